The van der Waals surface area contributed by atoms with Gasteiger partial charge >= 0.3 is 0 Å². The molecule has 1 heterocycles. The van der Waals surface area contributed by atoms with E-state index in [-0.39, 0.29) is 11.5 Å². The highest BCUT2D eigenvalue weighted by Gasteiger charge is 2.32. The molecule has 0 spiro atoms. The summed E-state index contributed by atoms with van der Waals surface area (Å²) in [6.45, 7) is 5.34. The van der Waals surface area contributed by atoms with Crippen LogP contribution in [0.2, 0.25) is 0 Å². The minimum atomic E-state index is -0.387. The Kier molecular flexibility index (Phi) is 3.45. The highest BCUT2D eigenvalue weighted by molar-refractivity contribution is 5.89. The number of ether oxygens (including phenoxy) is 1. The van der Waals surface area contributed by atoms with E-state index in [2.05, 4.69) is 5.32 Å². The van der Waals surface area contributed by atoms with E-state index < -0.39 is 0 Å². The number of likely N-dealkylation sites (N-methyl/N-ethyl adjacent to an activating group) is 1. The zero-order valence-electron chi connectivity index (χ0n) is 8.72. The molecule has 0 atom stereocenters. The van der Waals surface area contributed by atoms with Crippen molar-refractivity contribution in [2.24, 2.45) is 5.92 Å². The fourth-order valence-electron chi connectivity index (χ4n) is 1.59. The third-order valence-corrected chi connectivity index (χ3v) is 2.83. The molecule has 13 heavy (non-hydrogen) atoms. The number of carbonyl (C=O) groups excluding carboxylic acids is 1. The molecule has 1 aliphatic rings. The summed E-state index contributed by atoms with van der Waals surface area (Å²) in [5, 5.41) is 3.05. The van der Waals surface area contributed by atoms with Crippen LogP contribution in [0, 0.1) is 5.92 Å². The molecule has 0 aromatic heterocycles. The Bertz CT molecular complexity index is 183. The van der Waals surface area contributed by atoms with Crippen molar-refractivity contribution < 1.29 is 9.53 Å². The highest BCUT2D eigenvalue weighted by atomic mass is 16.5. The summed E-state index contributed by atoms with van der Waals surface area (Å²) in [5.41, 5.74) is -0.387. The van der Waals surface area contributed by atoms with E-state index in [1.165, 1.54) is 0 Å². The second-order valence-electron chi connectivity index (χ2n) is 4.13. The molecule has 0 amide bonds. The molecule has 1 rings (SSSR count). The molecular weight excluding hydrogens is 166 g/mol. The van der Waals surface area contributed by atoms with Crippen molar-refractivity contribution >= 4 is 5.78 Å². The molecule has 0 unspecified atom stereocenters. The van der Waals surface area contributed by atoms with Crippen LogP contribution in [0.4, 0.5) is 0 Å². The Balaban J connectivity index is 2.55. The van der Waals surface area contributed by atoms with E-state index in [1.54, 1.807) is 0 Å². The molecule has 3 heteroatoms. The Morgan fingerprint density at radius 2 is 1.92 bits per heavy atom. The zero-order chi connectivity index (χ0) is 9.90. The molecule has 3 nitrogen and oxygen atoms in total. The summed E-state index contributed by atoms with van der Waals surface area (Å²) in [6.07, 6.45) is 1.76. The summed E-state index contributed by atoms with van der Waals surface area (Å²) in [5.74, 6) is 0.509. The van der Waals surface area contributed by atoms with Crippen LogP contribution in [-0.4, -0.2) is 31.6 Å². The Hall–Kier alpha value is -0.410. The van der Waals surface area contributed by atoms with E-state index >= 15 is 0 Å². The van der Waals surface area contributed by atoms with Gasteiger partial charge in [0.15, 0.2) is 5.78 Å². The van der Waals surface area contributed by atoms with Crippen LogP contribution < -0.4 is 5.32 Å². The minimum Gasteiger partial charge on any atom is -0.381 e. The number of ketones is 1. The van der Waals surface area contributed by atoms with Crippen LogP contribution in [0.5, 0.6) is 0 Å². The molecule has 0 radical (unpaired) electrons. The van der Waals surface area contributed by atoms with Crippen LogP contribution in [0.3, 0.4) is 0 Å². The van der Waals surface area contributed by atoms with Crippen molar-refractivity contribution in [1.82, 2.24) is 5.32 Å². The first-order valence-electron chi connectivity index (χ1n) is 4.89. The number of nitrogens with one attached hydrogen (secondary N) is 1. The lowest BCUT2D eigenvalue weighted by Gasteiger charge is -2.30. The number of hydrogen-bond acceptors (Lipinski definition) is 3. The van der Waals surface area contributed by atoms with Gasteiger partial charge in [-0.2, -0.15) is 0 Å². The van der Waals surface area contributed by atoms with Crippen molar-refractivity contribution in [2.75, 3.05) is 20.3 Å². The predicted octanol–water partition coefficient (Wildman–Crippen LogP) is 0.980. The Labute approximate surface area is 79.8 Å². The number of Topliss-reactive ketones (excluding diaryl/α,β-unsaturated/α-hetero) is 1. The van der Waals surface area contributed by atoms with E-state index in [9.17, 15) is 4.79 Å². The van der Waals surface area contributed by atoms with E-state index in [1.807, 2.05) is 20.9 Å². The fourth-order valence-corrected chi connectivity index (χ4v) is 1.59. The molecule has 0 bridgehead atoms. The maximum atomic E-state index is 11.9. The monoisotopic (exact) mass is 185 g/mol. The van der Waals surface area contributed by atoms with Crippen molar-refractivity contribution in [3.63, 3.8) is 0 Å². The van der Waals surface area contributed by atoms with Gasteiger partial charge in [0.25, 0.3) is 0 Å². The molecule has 0 aromatic carbocycles. The summed E-state index contributed by atoms with van der Waals surface area (Å²) < 4.78 is 5.22. The standard InChI is InChI=1S/C10H19NO2/c1-10(2,11-3)9(12)8-4-6-13-7-5-8/h8,11H,4-7H2,1-3H3. The first kappa shape index (κ1) is 10.7. The van der Waals surface area contributed by atoms with Crippen molar-refractivity contribution in [2.45, 2.75) is 32.2 Å². The van der Waals surface area contributed by atoms with Gasteiger partial charge in [-0.1, -0.05) is 0 Å². The topological polar surface area (TPSA) is 38.3 Å². The van der Waals surface area contributed by atoms with E-state index in [0.29, 0.717) is 5.78 Å². The van der Waals surface area contributed by atoms with Gasteiger partial charge in [-0.25, -0.2) is 0 Å². The number of hydrogen-bond donors (Lipinski definition) is 1. The first-order chi connectivity index (χ1) is 6.08. The molecule has 76 valence electrons. The maximum Gasteiger partial charge on any atom is 0.155 e. The lowest BCUT2D eigenvalue weighted by atomic mass is 9.84. The van der Waals surface area contributed by atoms with Crippen molar-refractivity contribution in [3.05, 3.63) is 0 Å². The fraction of sp³-hybridized carbons (Fsp3) is 0.900. The minimum absolute atomic E-state index is 0.191. The van der Waals surface area contributed by atoms with Crippen LogP contribution in [0.25, 0.3) is 0 Å². The lowest BCUT2D eigenvalue weighted by Crippen LogP contribution is -2.48. The molecule has 1 N–H and O–H groups in total. The SMILES string of the molecule is CNC(C)(C)C(=O)C1CCOCC1. The third kappa shape index (κ3) is 2.51. The van der Waals surface area contributed by atoms with Crippen LogP contribution >= 0.6 is 0 Å². The lowest BCUT2D eigenvalue weighted by molar-refractivity contribution is -0.130. The van der Waals surface area contributed by atoms with Gasteiger partial charge in [0.1, 0.15) is 0 Å². The zero-order valence-corrected chi connectivity index (χ0v) is 8.72. The van der Waals surface area contributed by atoms with Crippen LogP contribution in [0.1, 0.15) is 26.7 Å². The first-order valence-corrected chi connectivity index (χ1v) is 4.89. The second kappa shape index (κ2) is 4.20. The average molecular weight is 185 g/mol. The Morgan fingerprint density at radius 1 is 1.38 bits per heavy atom. The average Bonchev–Trinajstić information content (AvgIpc) is 2.18. The van der Waals surface area contributed by atoms with Gasteiger partial charge in [-0.15, -0.1) is 0 Å². The van der Waals surface area contributed by atoms with Crippen LogP contribution in [-0.2, 0) is 9.53 Å². The van der Waals surface area contributed by atoms with E-state index in [4.69, 9.17) is 4.74 Å². The molecule has 1 aliphatic heterocycles. The summed E-state index contributed by atoms with van der Waals surface area (Å²) in [7, 11) is 1.83. The van der Waals surface area contributed by atoms with Gasteiger partial charge in [0, 0.05) is 19.1 Å². The second-order valence-corrected chi connectivity index (χ2v) is 4.13. The summed E-state index contributed by atoms with van der Waals surface area (Å²) in [4.78, 5) is 11.9. The van der Waals surface area contributed by atoms with Gasteiger partial charge in [-0.3, -0.25) is 4.79 Å². The van der Waals surface area contributed by atoms with Gasteiger partial charge in [-0.05, 0) is 33.7 Å². The molecule has 0 aromatic rings. The summed E-state index contributed by atoms with van der Waals surface area (Å²) in [6, 6.07) is 0. The van der Waals surface area contributed by atoms with Crippen LogP contribution in [0.15, 0.2) is 0 Å². The predicted molar refractivity (Wildman–Crippen MR) is 51.7 cm³/mol. The maximum absolute atomic E-state index is 11.9. The molecule has 0 aliphatic carbocycles. The van der Waals surface area contributed by atoms with Gasteiger partial charge in [0.2, 0.25) is 0 Å². The molecule has 0 saturated carbocycles. The normalized spacial score (nSPS) is 20.2. The van der Waals surface area contributed by atoms with Crippen molar-refractivity contribution in [1.29, 1.82) is 0 Å². The summed E-state index contributed by atoms with van der Waals surface area (Å²) >= 11 is 0. The largest absolute Gasteiger partial charge is 0.381 e. The number of carbonyl (C=O) groups is 1. The Morgan fingerprint density at radius 3 is 2.38 bits per heavy atom. The van der Waals surface area contributed by atoms with Crippen molar-refractivity contribution in [3.8, 4) is 0 Å². The number of rotatable bonds is 3. The smallest absolute Gasteiger partial charge is 0.155 e. The highest BCUT2D eigenvalue weighted by Crippen LogP contribution is 2.21. The quantitative estimate of drug-likeness (QED) is 0.712. The molecule has 1 fully saturated rings. The molecule has 1 saturated heterocycles. The molecular formula is C10H19NO2. The van der Waals surface area contributed by atoms with Gasteiger partial charge < -0.3 is 10.1 Å². The van der Waals surface area contributed by atoms with Gasteiger partial charge in [0.05, 0.1) is 5.54 Å². The third-order valence-electron chi connectivity index (χ3n) is 2.83. The van der Waals surface area contributed by atoms with E-state index in [0.717, 1.165) is 26.1 Å².